The van der Waals surface area contributed by atoms with Crippen molar-refractivity contribution in [2.24, 2.45) is 5.73 Å². The highest BCUT2D eigenvalue weighted by atomic mass is 19.4. The van der Waals surface area contributed by atoms with E-state index in [-0.39, 0.29) is 11.9 Å². The number of nitrogens with two attached hydrogens (primary N) is 1. The van der Waals surface area contributed by atoms with Crippen LogP contribution >= 0.6 is 0 Å². The Morgan fingerprint density at radius 3 is 2.30 bits per heavy atom. The lowest BCUT2D eigenvalue weighted by Crippen LogP contribution is -2.34. The maximum atomic E-state index is 12.5. The van der Waals surface area contributed by atoms with E-state index in [0.29, 0.717) is 25.1 Å². The monoisotopic (exact) mass is 286 g/mol. The van der Waals surface area contributed by atoms with Crippen molar-refractivity contribution < 1.29 is 18.0 Å². The van der Waals surface area contributed by atoms with Gasteiger partial charge in [-0.25, -0.2) is 0 Å². The van der Waals surface area contributed by atoms with Gasteiger partial charge in [-0.3, -0.25) is 4.79 Å². The molecule has 110 valence electrons. The lowest BCUT2D eigenvalue weighted by molar-refractivity contribution is -0.137. The molecule has 0 heterocycles. The van der Waals surface area contributed by atoms with Crippen LogP contribution < -0.4 is 5.73 Å². The number of alkyl halides is 3. The summed E-state index contributed by atoms with van der Waals surface area (Å²) in [5, 5.41) is 0. The molecule has 1 amide bonds. The Bertz CT molecular complexity index is 466. The molecule has 3 nitrogen and oxygen atoms in total. The minimum atomic E-state index is -4.38. The van der Waals surface area contributed by atoms with E-state index < -0.39 is 11.7 Å². The summed E-state index contributed by atoms with van der Waals surface area (Å²) in [4.78, 5) is 14.0. The SMILES string of the molecule is NCCCN(C(=O)c1ccc(C(F)(F)F)cc1)C1CC1. The lowest BCUT2D eigenvalue weighted by Gasteiger charge is -2.22. The van der Waals surface area contributed by atoms with Crippen LogP contribution in [0.5, 0.6) is 0 Å². The summed E-state index contributed by atoms with van der Waals surface area (Å²) in [5.41, 5.74) is 4.99. The molecule has 0 bridgehead atoms. The summed E-state index contributed by atoms with van der Waals surface area (Å²) in [6.07, 6.45) is -1.77. The molecule has 6 heteroatoms. The van der Waals surface area contributed by atoms with Crippen LogP contribution in [-0.4, -0.2) is 29.9 Å². The quantitative estimate of drug-likeness (QED) is 0.904. The van der Waals surface area contributed by atoms with E-state index in [0.717, 1.165) is 25.0 Å². The zero-order chi connectivity index (χ0) is 14.8. The molecule has 0 saturated heterocycles. The summed E-state index contributed by atoms with van der Waals surface area (Å²) in [6.45, 7) is 1.05. The molecule has 0 radical (unpaired) electrons. The van der Waals surface area contributed by atoms with Gasteiger partial charge in [0.05, 0.1) is 5.56 Å². The van der Waals surface area contributed by atoms with Crippen molar-refractivity contribution >= 4 is 5.91 Å². The molecule has 1 saturated carbocycles. The zero-order valence-corrected chi connectivity index (χ0v) is 11.0. The van der Waals surface area contributed by atoms with Crippen molar-refractivity contribution in [3.63, 3.8) is 0 Å². The van der Waals surface area contributed by atoms with Crippen molar-refractivity contribution in [3.8, 4) is 0 Å². The first-order chi connectivity index (χ1) is 9.43. The number of carbonyl (C=O) groups is 1. The van der Waals surface area contributed by atoms with Gasteiger partial charge in [-0.2, -0.15) is 13.2 Å². The first kappa shape index (κ1) is 14.8. The summed E-state index contributed by atoms with van der Waals surface area (Å²) in [7, 11) is 0. The highest BCUT2D eigenvalue weighted by Gasteiger charge is 2.33. The summed E-state index contributed by atoms with van der Waals surface area (Å²) < 4.78 is 37.4. The molecular weight excluding hydrogens is 269 g/mol. The van der Waals surface area contributed by atoms with Crippen molar-refractivity contribution in [1.82, 2.24) is 4.90 Å². The summed E-state index contributed by atoms with van der Waals surface area (Å²) >= 11 is 0. The van der Waals surface area contributed by atoms with Gasteiger partial charge in [0, 0.05) is 18.2 Å². The fraction of sp³-hybridized carbons (Fsp3) is 0.500. The fourth-order valence-corrected chi connectivity index (χ4v) is 2.07. The minimum Gasteiger partial charge on any atom is -0.336 e. The molecule has 2 rings (SSSR count). The third-order valence-corrected chi connectivity index (χ3v) is 3.31. The minimum absolute atomic E-state index is 0.213. The van der Waals surface area contributed by atoms with Gasteiger partial charge in [0.15, 0.2) is 0 Å². The fourth-order valence-electron chi connectivity index (χ4n) is 2.07. The van der Waals surface area contributed by atoms with Crippen molar-refractivity contribution in [2.45, 2.75) is 31.5 Å². The normalized spacial score (nSPS) is 15.2. The molecular formula is C14H17F3N2O. The third kappa shape index (κ3) is 3.50. The molecule has 1 aromatic rings. The molecule has 0 atom stereocenters. The van der Waals surface area contributed by atoms with E-state index in [9.17, 15) is 18.0 Å². The van der Waals surface area contributed by atoms with Crippen LogP contribution in [0.15, 0.2) is 24.3 Å². The molecule has 2 N–H and O–H groups in total. The van der Waals surface area contributed by atoms with Gasteiger partial charge in [-0.1, -0.05) is 0 Å². The Balaban J connectivity index is 2.11. The molecule has 20 heavy (non-hydrogen) atoms. The van der Waals surface area contributed by atoms with E-state index in [1.165, 1.54) is 12.1 Å². The topological polar surface area (TPSA) is 46.3 Å². The Morgan fingerprint density at radius 2 is 1.85 bits per heavy atom. The molecule has 0 spiro atoms. The first-order valence-electron chi connectivity index (χ1n) is 6.62. The van der Waals surface area contributed by atoms with E-state index in [2.05, 4.69) is 0 Å². The average Bonchev–Trinajstić information content (AvgIpc) is 3.23. The van der Waals surface area contributed by atoms with Crippen LogP contribution in [-0.2, 0) is 6.18 Å². The Labute approximate surface area is 115 Å². The van der Waals surface area contributed by atoms with Crippen molar-refractivity contribution in [2.75, 3.05) is 13.1 Å². The van der Waals surface area contributed by atoms with Gasteiger partial charge in [-0.05, 0) is 50.1 Å². The van der Waals surface area contributed by atoms with Gasteiger partial charge >= 0.3 is 6.18 Å². The number of nitrogens with zero attached hydrogens (tertiary/aromatic N) is 1. The van der Waals surface area contributed by atoms with Gasteiger partial charge in [0.25, 0.3) is 5.91 Å². The predicted molar refractivity (Wildman–Crippen MR) is 69.2 cm³/mol. The number of amides is 1. The van der Waals surface area contributed by atoms with Gasteiger partial charge in [0.1, 0.15) is 0 Å². The number of hydrogen-bond donors (Lipinski definition) is 1. The Hall–Kier alpha value is -1.56. The highest BCUT2D eigenvalue weighted by molar-refractivity contribution is 5.94. The predicted octanol–water partition coefficient (Wildman–Crippen LogP) is 2.66. The molecule has 1 aliphatic rings. The standard InChI is InChI=1S/C14H17F3N2O/c15-14(16,17)11-4-2-10(3-5-11)13(20)19(9-1-8-18)12-6-7-12/h2-5,12H,1,6-9,18H2. The van der Waals surface area contributed by atoms with E-state index >= 15 is 0 Å². The van der Waals surface area contributed by atoms with Crippen LogP contribution in [0.2, 0.25) is 0 Å². The second-order valence-corrected chi connectivity index (χ2v) is 4.95. The maximum Gasteiger partial charge on any atom is 0.416 e. The maximum absolute atomic E-state index is 12.5. The van der Waals surface area contributed by atoms with Crippen molar-refractivity contribution in [1.29, 1.82) is 0 Å². The summed E-state index contributed by atoms with van der Waals surface area (Å²) in [5.74, 6) is -0.213. The van der Waals surface area contributed by atoms with Crippen LogP contribution in [0, 0.1) is 0 Å². The van der Waals surface area contributed by atoms with E-state index in [1.54, 1.807) is 4.90 Å². The number of halogens is 3. The smallest absolute Gasteiger partial charge is 0.336 e. The molecule has 0 unspecified atom stereocenters. The van der Waals surface area contributed by atoms with Crippen molar-refractivity contribution in [3.05, 3.63) is 35.4 Å². The number of hydrogen-bond acceptors (Lipinski definition) is 2. The molecule has 0 aliphatic heterocycles. The largest absolute Gasteiger partial charge is 0.416 e. The third-order valence-electron chi connectivity index (χ3n) is 3.31. The van der Waals surface area contributed by atoms with Crippen LogP contribution in [0.25, 0.3) is 0 Å². The first-order valence-corrected chi connectivity index (χ1v) is 6.62. The van der Waals surface area contributed by atoms with Crippen LogP contribution in [0.1, 0.15) is 35.2 Å². The number of carbonyl (C=O) groups excluding carboxylic acids is 1. The molecule has 1 fully saturated rings. The summed E-state index contributed by atoms with van der Waals surface area (Å²) in [6, 6.07) is 4.59. The molecule has 0 aromatic heterocycles. The van der Waals surface area contributed by atoms with E-state index in [4.69, 9.17) is 5.73 Å². The van der Waals surface area contributed by atoms with Gasteiger partial charge in [0.2, 0.25) is 0 Å². The zero-order valence-electron chi connectivity index (χ0n) is 11.0. The van der Waals surface area contributed by atoms with Gasteiger partial charge in [-0.15, -0.1) is 0 Å². The average molecular weight is 286 g/mol. The second kappa shape index (κ2) is 5.83. The highest BCUT2D eigenvalue weighted by Crippen LogP contribution is 2.31. The van der Waals surface area contributed by atoms with Crippen LogP contribution in [0.3, 0.4) is 0 Å². The van der Waals surface area contributed by atoms with Gasteiger partial charge < -0.3 is 10.6 Å². The molecule has 1 aromatic carbocycles. The Kier molecular flexibility index (Phi) is 4.32. The number of rotatable bonds is 5. The molecule has 1 aliphatic carbocycles. The van der Waals surface area contributed by atoms with Crippen LogP contribution in [0.4, 0.5) is 13.2 Å². The second-order valence-electron chi connectivity index (χ2n) is 4.95. The number of benzene rings is 1. The van der Waals surface area contributed by atoms with E-state index in [1.807, 2.05) is 0 Å². The lowest BCUT2D eigenvalue weighted by atomic mass is 10.1. The Morgan fingerprint density at radius 1 is 1.25 bits per heavy atom.